The number of halogens is 3. The number of aromatic hydroxyl groups is 1. The van der Waals surface area contributed by atoms with Gasteiger partial charge in [-0.25, -0.2) is 0 Å². The molecule has 2 aromatic rings. The van der Waals surface area contributed by atoms with Crippen molar-refractivity contribution in [1.29, 1.82) is 5.41 Å². The van der Waals surface area contributed by atoms with Crippen molar-refractivity contribution in [1.82, 2.24) is 0 Å². The zero-order valence-corrected chi connectivity index (χ0v) is 10.7. The highest BCUT2D eigenvalue weighted by molar-refractivity contribution is 7.14. The molecular formula is C13H10F3NOS. The minimum atomic E-state index is -4.37. The van der Waals surface area contributed by atoms with Crippen LogP contribution in [-0.4, -0.2) is 10.8 Å². The lowest BCUT2D eigenvalue weighted by Crippen LogP contribution is -2.03. The van der Waals surface area contributed by atoms with Crippen molar-refractivity contribution < 1.29 is 18.3 Å². The number of nitrogens with one attached hydrogen (secondary N) is 1. The van der Waals surface area contributed by atoms with E-state index in [0.717, 1.165) is 12.1 Å². The van der Waals surface area contributed by atoms with Crippen molar-refractivity contribution in [2.45, 2.75) is 13.1 Å². The predicted octanol–water partition coefficient (Wildman–Crippen LogP) is 4.53. The summed E-state index contributed by atoms with van der Waals surface area (Å²) in [4.78, 5) is 0.468. The fourth-order valence-corrected chi connectivity index (χ4v) is 2.65. The molecule has 0 aliphatic rings. The first-order chi connectivity index (χ1) is 8.80. The third-order valence-corrected chi connectivity index (χ3v) is 3.66. The Labute approximate surface area is 111 Å². The van der Waals surface area contributed by atoms with Gasteiger partial charge >= 0.3 is 6.18 Å². The summed E-state index contributed by atoms with van der Waals surface area (Å²) in [5, 5.41) is 19.0. The van der Waals surface area contributed by atoms with E-state index >= 15 is 0 Å². The average Bonchev–Trinajstić information content (AvgIpc) is 2.70. The predicted molar refractivity (Wildman–Crippen MR) is 68.9 cm³/mol. The highest BCUT2D eigenvalue weighted by Crippen LogP contribution is 2.39. The number of hydrogen-bond donors (Lipinski definition) is 2. The van der Waals surface area contributed by atoms with Crippen molar-refractivity contribution in [3.8, 4) is 16.2 Å². The summed E-state index contributed by atoms with van der Waals surface area (Å²) in [6.07, 6.45) is -4.37. The second-order valence-electron chi connectivity index (χ2n) is 4.03. The molecule has 0 unspecified atom stereocenters. The lowest BCUT2D eigenvalue weighted by molar-refractivity contribution is -0.137. The first-order valence-electron chi connectivity index (χ1n) is 5.34. The second-order valence-corrected chi connectivity index (χ2v) is 4.91. The SMILES string of the molecule is CC(=N)c1csc(-c2ccc(C(F)(F)F)cc2)c1O. The molecule has 19 heavy (non-hydrogen) atoms. The molecule has 0 atom stereocenters. The number of benzene rings is 1. The van der Waals surface area contributed by atoms with Gasteiger partial charge in [-0.2, -0.15) is 13.2 Å². The quantitative estimate of drug-likeness (QED) is 0.782. The maximum absolute atomic E-state index is 12.4. The molecule has 0 saturated carbocycles. The van der Waals surface area contributed by atoms with E-state index in [1.807, 2.05) is 0 Å². The van der Waals surface area contributed by atoms with Gasteiger partial charge in [-0.3, -0.25) is 0 Å². The fourth-order valence-electron chi connectivity index (χ4n) is 1.63. The highest BCUT2D eigenvalue weighted by Gasteiger charge is 2.30. The Morgan fingerprint density at radius 1 is 1.21 bits per heavy atom. The van der Waals surface area contributed by atoms with Crippen LogP contribution in [0.5, 0.6) is 5.75 Å². The van der Waals surface area contributed by atoms with E-state index in [9.17, 15) is 18.3 Å². The molecule has 0 spiro atoms. The average molecular weight is 285 g/mol. The van der Waals surface area contributed by atoms with Crippen LogP contribution >= 0.6 is 11.3 Å². The van der Waals surface area contributed by atoms with Crippen LogP contribution in [0.1, 0.15) is 18.1 Å². The van der Waals surface area contributed by atoms with Crippen LogP contribution in [0.3, 0.4) is 0 Å². The Morgan fingerprint density at radius 2 is 1.79 bits per heavy atom. The zero-order valence-electron chi connectivity index (χ0n) is 9.88. The molecule has 2 N–H and O–H groups in total. The van der Waals surface area contributed by atoms with Gasteiger partial charge in [0, 0.05) is 16.7 Å². The summed E-state index contributed by atoms with van der Waals surface area (Å²) in [5.74, 6) is -0.0581. The van der Waals surface area contributed by atoms with Crippen LogP contribution in [0.4, 0.5) is 13.2 Å². The van der Waals surface area contributed by atoms with Gasteiger partial charge in [0.25, 0.3) is 0 Å². The monoisotopic (exact) mass is 285 g/mol. The Bertz CT molecular complexity index is 614. The van der Waals surface area contributed by atoms with Gasteiger partial charge in [-0.1, -0.05) is 12.1 Å². The van der Waals surface area contributed by atoms with Crippen molar-refractivity contribution in [2.24, 2.45) is 0 Å². The van der Waals surface area contributed by atoms with Crippen molar-refractivity contribution >= 4 is 17.0 Å². The van der Waals surface area contributed by atoms with Crippen molar-refractivity contribution in [3.05, 3.63) is 40.8 Å². The molecule has 0 amide bonds. The maximum atomic E-state index is 12.4. The number of hydrogen-bond acceptors (Lipinski definition) is 3. The van der Waals surface area contributed by atoms with E-state index in [-0.39, 0.29) is 11.5 Å². The molecule has 0 fully saturated rings. The molecule has 1 heterocycles. The molecule has 100 valence electrons. The lowest BCUT2D eigenvalue weighted by atomic mass is 10.1. The topological polar surface area (TPSA) is 44.1 Å². The van der Waals surface area contributed by atoms with Crippen LogP contribution in [0.2, 0.25) is 0 Å². The minimum Gasteiger partial charge on any atom is -0.506 e. The standard InChI is InChI=1S/C13H10F3NOS/c1-7(17)10-6-19-12(11(10)18)8-2-4-9(5-3-8)13(14,15)16/h2-6,17-18H,1H3. The Hall–Kier alpha value is -1.82. The second kappa shape index (κ2) is 4.70. The summed E-state index contributed by atoms with van der Waals surface area (Å²) >= 11 is 1.20. The Kier molecular flexibility index (Phi) is 3.36. The van der Waals surface area contributed by atoms with Gasteiger partial charge in [0.1, 0.15) is 5.75 Å². The molecule has 6 heteroatoms. The van der Waals surface area contributed by atoms with E-state index < -0.39 is 11.7 Å². The van der Waals surface area contributed by atoms with Gasteiger partial charge < -0.3 is 10.5 Å². The highest BCUT2D eigenvalue weighted by atomic mass is 32.1. The van der Waals surface area contributed by atoms with Crippen LogP contribution in [0.25, 0.3) is 10.4 Å². The summed E-state index contributed by atoms with van der Waals surface area (Å²) in [6, 6.07) is 4.59. The third kappa shape index (κ3) is 2.63. The first kappa shape index (κ1) is 13.6. The van der Waals surface area contributed by atoms with Crippen molar-refractivity contribution in [2.75, 3.05) is 0 Å². The molecular weight excluding hydrogens is 275 g/mol. The van der Waals surface area contributed by atoms with Gasteiger partial charge in [0.05, 0.1) is 10.4 Å². The normalized spacial score (nSPS) is 11.6. The molecule has 0 aliphatic heterocycles. The number of thiophene rings is 1. The molecule has 1 aromatic heterocycles. The van der Waals surface area contributed by atoms with Crippen molar-refractivity contribution in [3.63, 3.8) is 0 Å². The lowest BCUT2D eigenvalue weighted by Gasteiger charge is -2.07. The number of alkyl halides is 3. The van der Waals surface area contributed by atoms with Crippen LogP contribution in [-0.2, 0) is 6.18 Å². The molecule has 0 saturated heterocycles. The third-order valence-electron chi connectivity index (χ3n) is 2.64. The molecule has 0 aliphatic carbocycles. The smallest absolute Gasteiger partial charge is 0.416 e. The maximum Gasteiger partial charge on any atom is 0.416 e. The molecule has 1 aromatic carbocycles. The molecule has 0 radical (unpaired) electrons. The fraction of sp³-hybridized carbons (Fsp3) is 0.154. The van der Waals surface area contributed by atoms with Gasteiger partial charge in [0.2, 0.25) is 0 Å². The number of rotatable bonds is 2. The Morgan fingerprint density at radius 3 is 2.21 bits per heavy atom. The molecule has 0 bridgehead atoms. The summed E-state index contributed by atoms with van der Waals surface area (Å²) in [7, 11) is 0. The van der Waals surface area contributed by atoms with E-state index in [0.29, 0.717) is 16.0 Å². The zero-order chi connectivity index (χ0) is 14.2. The van der Waals surface area contributed by atoms with Gasteiger partial charge in [0.15, 0.2) is 0 Å². The first-order valence-corrected chi connectivity index (χ1v) is 6.22. The van der Waals surface area contributed by atoms with Gasteiger partial charge in [-0.05, 0) is 24.6 Å². The summed E-state index contributed by atoms with van der Waals surface area (Å²) in [6.45, 7) is 1.54. The van der Waals surface area contributed by atoms with Crippen LogP contribution in [0.15, 0.2) is 29.6 Å². The van der Waals surface area contributed by atoms with E-state index in [4.69, 9.17) is 5.41 Å². The van der Waals surface area contributed by atoms with E-state index in [1.165, 1.54) is 30.4 Å². The summed E-state index contributed by atoms with van der Waals surface area (Å²) in [5.41, 5.74) is 0.394. The van der Waals surface area contributed by atoms with Crippen LogP contribution < -0.4 is 0 Å². The van der Waals surface area contributed by atoms with Crippen LogP contribution in [0, 0.1) is 5.41 Å². The molecule has 2 nitrogen and oxygen atoms in total. The summed E-state index contributed by atoms with van der Waals surface area (Å²) < 4.78 is 37.3. The minimum absolute atomic E-state index is 0.0581. The van der Waals surface area contributed by atoms with Gasteiger partial charge in [-0.15, -0.1) is 11.3 Å². The van der Waals surface area contributed by atoms with E-state index in [2.05, 4.69) is 0 Å². The Balaban J connectivity index is 2.41. The van der Waals surface area contributed by atoms with E-state index in [1.54, 1.807) is 5.38 Å². The molecule has 2 rings (SSSR count). The largest absolute Gasteiger partial charge is 0.506 e.